The van der Waals surface area contributed by atoms with Crippen molar-refractivity contribution in [3.63, 3.8) is 0 Å². The molecule has 0 amide bonds. The van der Waals surface area contributed by atoms with Crippen LogP contribution in [-0.4, -0.2) is 13.1 Å². The summed E-state index contributed by atoms with van der Waals surface area (Å²) in [6.07, 6.45) is 0. The summed E-state index contributed by atoms with van der Waals surface area (Å²) in [4.78, 5) is 12.1. The minimum absolute atomic E-state index is 0.0131. The van der Waals surface area contributed by atoms with Crippen LogP contribution in [-0.2, 0) is 11.3 Å². The number of hydrogen-bond acceptors (Lipinski definition) is 5. The Morgan fingerprint density at radius 2 is 2.00 bits per heavy atom. The van der Waals surface area contributed by atoms with Gasteiger partial charge in [-0.15, -0.1) is 0 Å². The summed E-state index contributed by atoms with van der Waals surface area (Å²) < 4.78 is 10.3. The average Bonchev–Trinajstić information content (AvgIpc) is 2.53. The number of nitrogen functional groups attached to an aromatic ring is 1. The fourth-order valence-corrected chi connectivity index (χ4v) is 1.88. The first-order valence-corrected chi connectivity index (χ1v) is 6.25. The Kier molecular flexibility index (Phi) is 4.42. The van der Waals surface area contributed by atoms with Gasteiger partial charge >= 0.3 is 5.97 Å². The molecule has 0 atom stereocenters. The SMILES string of the molecule is COc1cccc(C(=O)OCc2ccccc2C#N)c1N. The summed E-state index contributed by atoms with van der Waals surface area (Å²) in [6.45, 7) is 0.0131. The molecular weight excluding hydrogens is 268 g/mol. The zero-order chi connectivity index (χ0) is 15.2. The van der Waals surface area contributed by atoms with Gasteiger partial charge in [0.05, 0.1) is 30.0 Å². The molecule has 106 valence electrons. The summed E-state index contributed by atoms with van der Waals surface area (Å²) in [5.41, 5.74) is 7.44. The number of nitrogens with two attached hydrogens (primary N) is 1. The molecule has 2 N–H and O–H groups in total. The van der Waals surface area contributed by atoms with Crippen LogP contribution in [0.1, 0.15) is 21.5 Å². The molecular formula is C16H14N2O3. The van der Waals surface area contributed by atoms with Crippen LogP contribution in [0.25, 0.3) is 0 Å². The van der Waals surface area contributed by atoms with Gasteiger partial charge in [-0.05, 0) is 18.2 Å². The number of nitriles is 1. The van der Waals surface area contributed by atoms with Crippen molar-refractivity contribution in [1.29, 1.82) is 5.26 Å². The van der Waals surface area contributed by atoms with Crippen molar-refractivity contribution in [2.45, 2.75) is 6.61 Å². The number of anilines is 1. The Bertz CT molecular complexity index is 705. The average molecular weight is 282 g/mol. The number of nitrogens with zero attached hydrogens (tertiary/aromatic N) is 1. The van der Waals surface area contributed by atoms with Gasteiger partial charge in [-0.1, -0.05) is 24.3 Å². The fourth-order valence-electron chi connectivity index (χ4n) is 1.88. The van der Waals surface area contributed by atoms with E-state index in [1.54, 1.807) is 42.5 Å². The number of benzene rings is 2. The van der Waals surface area contributed by atoms with Crippen molar-refractivity contribution in [3.05, 3.63) is 59.2 Å². The molecule has 0 aliphatic heterocycles. The Morgan fingerprint density at radius 3 is 2.71 bits per heavy atom. The Morgan fingerprint density at radius 1 is 1.24 bits per heavy atom. The summed E-state index contributed by atoms with van der Waals surface area (Å²) >= 11 is 0. The molecule has 0 saturated carbocycles. The zero-order valence-corrected chi connectivity index (χ0v) is 11.5. The predicted molar refractivity (Wildman–Crippen MR) is 77.7 cm³/mol. The van der Waals surface area contributed by atoms with Gasteiger partial charge in [0.25, 0.3) is 0 Å². The van der Waals surface area contributed by atoms with E-state index >= 15 is 0 Å². The molecule has 0 aliphatic rings. The van der Waals surface area contributed by atoms with Gasteiger partial charge in [-0.3, -0.25) is 0 Å². The van der Waals surface area contributed by atoms with E-state index in [1.165, 1.54) is 7.11 Å². The van der Waals surface area contributed by atoms with Crippen molar-refractivity contribution in [2.24, 2.45) is 0 Å². The molecule has 0 spiro atoms. The first kappa shape index (κ1) is 14.4. The van der Waals surface area contributed by atoms with E-state index in [1.807, 2.05) is 0 Å². The number of carbonyl (C=O) groups is 1. The van der Waals surface area contributed by atoms with Gasteiger partial charge in [-0.25, -0.2) is 4.79 Å². The van der Waals surface area contributed by atoms with Gasteiger partial charge in [-0.2, -0.15) is 5.26 Å². The molecule has 0 radical (unpaired) electrons. The normalized spacial score (nSPS) is 9.71. The minimum atomic E-state index is -0.556. The molecule has 0 heterocycles. The van der Waals surface area contributed by atoms with Crippen LogP contribution in [0.15, 0.2) is 42.5 Å². The van der Waals surface area contributed by atoms with Crippen LogP contribution in [0.4, 0.5) is 5.69 Å². The lowest BCUT2D eigenvalue weighted by Gasteiger charge is -2.10. The molecule has 2 aromatic carbocycles. The van der Waals surface area contributed by atoms with Crippen LogP contribution in [0.2, 0.25) is 0 Å². The highest BCUT2D eigenvalue weighted by Crippen LogP contribution is 2.25. The van der Waals surface area contributed by atoms with Crippen LogP contribution in [0.5, 0.6) is 5.75 Å². The lowest BCUT2D eigenvalue weighted by atomic mass is 10.1. The summed E-state index contributed by atoms with van der Waals surface area (Å²) in [7, 11) is 1.48. The third kappa shape index (κ3) is 3.12. The van der Waals surface area contributed by atoms with Crippen molar-refractivity contribution in [1.82, 2.24) is 0 Å². The topological polar surface area (TPSA) is 85.3 Å². The second-order valence-electron chi connectivity index (χ2n) is 4.27. The van der Waals surface area contributed by atoms with Crippen molar-refractivity contribution in [2.75, 3.05) is 12.8 Å². The monoisotopic (exact) mass is 282 g/mol. The second kappa shape index (κ2) is 6.44. The summed E-state index contributed by atoms with van der Waals surface area (Å²) in [6, 6.07) is 13.9. The van der Waals surface area contributed by atoms with Gasteiger partial charge in [0.1, 0.15) is 12.4 Å². The van der Waals surface area contributed by atoms with Gasteiger partial charge in [0, 0.05) is 5.56 Å². The van der Waals surface area contributed by atoms with Gasteiger partial charge in [0.15, 0.2) is 0 Å². The lowest BCUT2D eigenvalue weighted by molar-refractivity contribution is 0.0473. The molecule has 0 aromatic heterocycles. The molecule has 5 nitrogen and oxygen atoms in total. The summed E-state index contributed by atoms with van der Waals surface area (Å²) in [5, 5.41) is 8.99. The number of ether oxygens (including phenoxy) is 2. The van der Waals surface area contributed by atoms with E-state index in [0.29, 0.717) is 16.9 Å². The molecule has 0 fully saturated rings. The van der Waals surface area contributed by atoms with E-state index in [2.05, 4.69) is 6.07 Å². The lowest BCUT2D eigenvalue weighted by Crippen LogP contribution is -2.09. The highest BCUT2D eigenvalue weighted by atomic mass is 16.5. The number of para-hydroxylation sites is 1. The molecule has 2 aromatic rings. The van der Waals surface area contributed by atoms with Crippen molar-refractivity contribution < 1.29 is 14.3 Å². The Hall–Kier alpha value is -3.00. The predicted octanol–water partition coefficient (Wildman–Crippen LogP) is 2.51. The molecule has 5 heteroatoms. The van der Waals surface area contributed by atoms with E-state index in [0.717, 1.165) is 0 Å². The molecule has 21 heavy (non-hydrogen) atoms. The van der Waals surface area contributed by atoms with E-state index < -0.39 is 5.97 Å². The molecule has 0 aliphatic carbocycles. The fraction of sp³-hybridized carbons (Fsp3) is 0.125. The first-order valence-electron chi connectivity index (χ1n) is 6.25. The Balaban J connectivity index is 2.14. The summed E-state index contributed by atoms with van der Waals surface area (Å²) in [5.74, 6) is -0.138. The number of methoxy groups -OCH3 is 1. The number of esters is 1. The van der Waals surface area contributed by atoms with Gasteiger partial charge in [0.2, 0.25) is 0 Å². The van der Waals surface area contributed by atoms with E-state index in [9.17, 15) is 4.79 Å². The van der Waals surface area contributed by atoms with Crippen molar-refractivity contribution >= 4 is 11.7 Å². The highest BCUT2D eigenvalue weighted by Gasteiger charge is 2.15. The highest BCUT2D eigenvalue weighted by molar-refractivity contribution is 5.96. The number of carbonyl (C=O) groups excluding carboxylic acids is 1. The maximum atomic E-state index is 12.1. The number of rotatable bonds is 4. The van der Waals surface area contributed by atoms with Crippen LogP contribution < -0.4 is 10.5 Å². The minimum Gasteiger partial charge on any atom is -0.495 e. The van der Waals surface area contributed by atoms with Crippen molar-refractivity contribution in [3.8, 4) is 11.8 Å². The quantitative estimate of drug-likeness (QED) is 0.688. The maximum Gasteiger partial charge on any atom is 0.340 e. The van der Waals surface area contributed by atoms with Gasteiger partial charge < -0.3 is 15.2 Å². The second-order valence-corrected chi connectivity index (χ2v) is 4.27. The van der Waals surface area contributed by atoms with Crippen LogP contribution >= 0.6 is 0 Å². The zero-order valence-electron chi connectivity index (χ0n) is 11.5. The van der Waals surface area contributed by atoms with E-state index in [-0.39, 0.29) is 17.9 Å². The number of hydrogen-bond donors (Lipinski definition) is 1. The smallest absolute Gasteiger partial charge is 0.340 e. The molecule has 2 rings (SSSR count). The maximum absolute atomic E-state index is 12.1. The van der Waals surface area contributed by atoms with E-state index in [4.69, 9.17) is 20.5 Å². The first-order chi connectivity index (χ1) is 10.2. The standard InChI is InChI=1S/C16H14N2O3/c1-20-14-8-4-7-13(15(14)18)16(19)21-10-12-6-3-2-5-11(12)9-17/h2-8H,10,18H2,1H3. The van der Waals surface area contributed by atoms with Crippen LogP contribution in [0.3, 0.4) is 0 Å². The Labute approximate surface area is 122 Å². The molecule has 0 unspecified atom stereocenters. The third-order valence-electron chi connectivity index (χ3n) is 3.00. The largest absolute Gasteiger partial charge is 0.495 e. The van der Waals surface area contributed by atoms with Crippen LogP contribution in [0, 0.1) is 11.3 Å². The molecule has 0 saturated heterocycles. The molecule has 0 bridgehead atoms. The third-order valence-corrected chi connectivity index (χ3v) is 3.00.